The summed E-state index contributed by atoms with van der Waals surface area (Å²) in [6.45, 7) is 6.71. The molecule has 90 valence electrons. The van der Waals surface area contributed by atoms with Crippen LogP contribution in [0.4, 0.5) is 0 Å². The van der Waals surface area contributed by atoms with E-state index in [4.69, 9.17) is 0 Å². The van der Waals surface area contributed by atoms with Gasteiger partial charge in [0.25, 0.3) is 0 Å². The zero-order valence-corrected chi connectivity index (χ0v) is 10.8. The maximum absolute atomic E-state index is 10.9. The fourth-order valence-corrected chi connectivity index (χ4v) is 3.70. The van der Waals surface area contributed by atoms with Crippen molar-refractivity contribution >= 4 is 0 Å². The van der Waals surface area contributed by atoms with Gasteiger partial charge in [-0.2, -0.15) is 0 Å². The standard InChI is InChI=1S/C14H28O/c1-4-9-13(6-3)11-7-8-12-14(13,15)10-5-2/h15H,4-12H2,1-3H3. The summed E-state index contributed by atoms with van der Waals surface area (Å²) in [7, 11) is 0. The Morgan fingerprint density at radius 3 is 2.07 bits per heavy atom. The molecular weight excluding hydrogens is 184 g/mol. The molecule has 0 aromatic carbocycles. The Morgan fingerprint density at radius 2 is 1.53 bits per heavy atom. The summed E-state index contributed by atoms with van der Waals surface area (Å²) < 4.78 is 0. The molecule has 0 aromatic heterocycles. The molecule has 0 bridgehead atoms. The fraction of sp³-hybridized carbons (Fsp3) is 1.00. The lowest BCUT2D eigenvalue weighted by molar-refractivity contribution is -0.127. The van der Waals surface area contributed by atoms with Gasteiger partial charge in [-0.3, -0.25) is 0 Å². The number of rotatable bonds is 5. The topological polar surface area (TPSA) is 20.2 Å². The first kappa shape index (κ1) is 13.0. The lowest BCUT2D eigenvalue weighted by Gasteiger charge is -2.51. The summed E-state index contributed by atoms with van der Waals surface area (Å²) in [5.41, 5.74) is -0.124. The molecule has 1 heteroatoms. The van der Waals surface area contributed by atoms with Gasteiger partial charge < -0.3 is 5.11 Å². The van der Waals surface area contributed by atoms with Crippen molar-refractivity contribution in [1.82, 2.24) is 0 Å². The lowest BCUT2D eigenvalue weighted by Crippen LogP contribution is -2.50. The molecule has 1 fully saturated rings. The Bertz CT molecular complexity index is 182. The Morgan fingerprint density at radius 1 is 0.933 bits per heavy atom. The molecule has 0 heterocycles. The third kappa shape index (κ3) is 2.38. The van der Waals surface area contributed by atoms with E-state index in [1.54, 1.807) is 0 Å². The normalized spacial score (nSPS) is 36.8. The number of hydrogen-bond donors (Lipinski definition) is 1. The van der Waals surface area contributed by atoms with E-state index >= 15 is 0 Å². The molecule has 0 saturated heterocycles. The van der Waals surface area contributed by atoms with Gasteiger partial charge in [-0.25, -0.2) is 0 Å². The van der Waals surface area contributed by atoms with Crippen LogP contribution in [0.25, 0.3) is 0 Å². The van der Waals surface area contributed by atoms with Crippen molar-refractivity contribution in [1.29, 1.82) is 0 Å². The minimum atomic E-state index is -0.356. The van der Waals surface area contributed by atoms with E-state index in [9.17, 15) is 5.11 Å². The highest BCUT2D eigenvalue weighted by Gasteiger charge is 2.48. The predicted molar refractivity (Wildman–Crippen MR) is 66.0 cm³/mol. The van der Waals surface area contributed by atoms with Gasteiger partial charge in [0.05, 0.1) is 5.60 Å². The van der Waals surface area contributed by atoms with Crippen molar-refractivity contribution in [2.75, 3.05) is 0 Å². The van der Waals surface area contributed by atoms with Gasteiger partial charge in [0.15, 0.2) is 0 Å². The molecule has 1 N–H and O–H groups in total. The zero-order valence-electron chi connectivity index (χ0n) is 10.8. The van der Waals surface area contributed by atoms with Crippen LogP contribution in [0.3, 0.4) is 0 Å². The van der Waals surface area contributed by atoms with Gasteiger partial charge in [0.1, 0.15) is 0 Å². The van der Waals surface area contributed by atoms with Crippen molar-refractivity contribution in [2.24, 2.45) is 5.41 Å². The van der Waals surface area contributed by atoms with Crippen LogP contribution < -0.4 is 0 Å². The van der Waals surface area contributed by atoms with Crippen LogP contribution in [-0.4, -0.2) is 10.7 Å². The van der Waals surface area contributed by atoms with Crippen molar-refractivity contribution in [2.45, 2.75) is 84.2 Å². The van der Waals surface area contributed by atoms with E-state index in [0.717, 1.165) is 25.7 Å². The average Bonchev–Trinajstić information content (AvgIpc) is 2.22. The molecule has 1 aliphatic rings. The van der Waals surface area contributed by atoms with Crippen molar-refractivity contribution in [3.8, 4) is 0 Å². The Labute approximate surface area is 95.3 Å². The second-order valence-electron chi connectivity index (χ2n) is 5.37. The zero-order chi connectivity index (χ0) is 11.4. The van der Waals surface area contributed by atoms with Crippen LogP contribution in [0.15, 0.2) is 0 Å². The molecule has 2 atom stereocenters. The largest absolute Gasteiger partial charge is 0.389 e. The minimum absolute atomic E-state index is 0.232. The van der Waals surface area contributed by atoms with Crippen molar-refractivity contribution < 1.29 is 5.11 Å². The quantitative estimate of drug-likeness (QED) is 0.721. The monoisotopic (exact) mass is 212 g/mol. The highest BCUT2D eigenvalue weighted by molar-refractivity contribution is 5.00. The van der Waals surface area contributed by atoms with E-state index in [1.165, 1.54) is 32.1 Å². The van der Waals surface area contributed by atoms with Gasteiger partial charge in [-0.15, -0.1) is 0 Å². The van der Waals surface area contributed by atoms with Gasteiger partial charge >= 0.3 is 0 Å². The van der Waals surface area contributed by atoms with Gasteiger partial charge in [-0.1, -0.05) is 46.5 Å². The molecule has 0 radical (unpaired) electrons. The summed E-state index contributed by atoms with van der Waals surface area (Å²) in [6.07, 6.45) is 10.5. The van der Waals surface area contributed by atoms with Gasteiger partial charge in [0.2, 0.25) is 0 Å². The first-order valence-corrected chi connectivity index (χ1v) is 6.86. The van der Waals surface area contributed by atoms with E-state index < -0.39 is 0 Å². The smallest absolute Gasteiger partial charge is 0.0703 e. The molecule has 15 heavy (non-hydrogen) atoms. The second kappa shape index (κ2) is 5.34. The first-order valence-electron chi connectivity index (χ1n) is 6.86. The molecule has 0 aromatic rings. The van der Waals surface area contributed by atoms with Crippen molar-refractivity contribution in [3.63, 3.8) is 0 Å². The molecule has 1 nitrogen and oxygen atoms in total. The Balaban J connectivity index is 2.86. The van der Waals surface area contributed by atoms with E-state index in [1.807, 2.05) is 0 Å². The van der Waals surface area contributed by atoms with E-state index in [-0.39, 0.29) is 11.0 Å². The third-order valence-corrected chi connectivity index (χ3v) is 4.55. The second-order valence-corrected chi connectivity index (χ2v) is 5.37. The third-order valence-electron chi connectivity index (χ3n) is 4.55. The fourth-order valence-electron chi connectivity index (χ4n) is 3.70. The molecule has 2 unspecified atom stereocenters. The highest BCUT2D eigenvalue weighted by Crippen LogP contribution is 2.51. The summed E-state index contributed by atoms with van der Waals surface area (Å²) in [5.74, 6) is 0. The average molecular weight is 212 g/mol. The number of aliphatic hydroxyl groups is 1. The summed E-state index contributed by atoms with van der Waals surface area (Å²) >= 11 is 0. The number of hydrogen-bond acceptors (Lipinski definition) is 1. The van der Waals surface area contributed by atoms with E-state index in [0.29, 0.717) is 0 Å². The molecule has 0 amide bonds. The van der Waals surface area contributed by atoms with Crippen molar-refractivity contribution in [3.05, 3.63) is 0 Å². The molecule has 0 spiro atoms. The predicted octanol–water partition coefficient (Wildman–Crippen LogP) is 4.29. The highest BCUT2D eigenvalue weighted by atomic mass is 16.3. The summed E-state index contributed by atoms with van der Waals surface area (Å²) in [5, 5.41) is 10.9. The van der Waals surface area contributed by atoms with E-state index in [2.05, 4.69) is 20.8 Å². The lowest BCUT2D eigenvalue weighted by atomic mass is 9.58. The van der Waals surface area contributed by atoms with Crippen LogP contribution in [0.1, 0.15) is 78.6 Å². The molecule has 1 saturated carbocycles. The molecular formula is C14H28O. The Hall–Kier alpha value is -0.0400. The molecule has 1 rings (SSSR count). The Kier molecular flexibility index (Phi) is 4.64. The summed E-state index contributed by atoms with van der Waals surface area (Å²) in [6, 6.07) is 0. The van der Waals surface area contributed by atoms with Gasteiger partial charge in [0, 0.05) is 0 Å². The summed E-state index contributed by atoms with van der Waals surface area (Å²) in [4.78, 5) is 0. The van der Waals surface area contributed by atoms with Crippen LogP contribution in [-0.2, 0) is 0 Å². The van der Waals surface area contributed by atoms with Gasteiger partial charge in [-0.05, 0) is 37.5 Å². The SMILES string of the molecule is CCCC1(O)CCCCC1(CC)CCC. The van der Waals surface area contributed by atoms with Crippen LogP contribution in [0.2, 0.25) is 0 Å². The molecule has 1 aliphatic carbocycles. The maximum Gasteiger partial charge on any atom is 0.0703 e. The maximum atomic E-state index is 10.9. The van der Waals surface area contributed by atoms with Crippen LogP contribution in [0.5, 0.6) is 0 Å². The molecule has 0 aliphatic heterocycles. The van der Waals surface area contributed by atoms with Crippen LogP contribution >= 0.6 is 0 Å². The minimum Gasteiger partial charge on any atom is -0.389 e. The van der Waals surface area contributed by atoms with Crippen LogP contribution in [0, 0.1) is 5.41 Å². The first-order chi connectivity index (χ1) is 7.14.